The minimum Gasteiger partial charge on any atom is -0.225 e. The van der Waals surface area contributed by atoms with Crippen molar-refractivity contribution in [1.82, 2.24) is 0 Å². The third-order valence-corrected chi connectivity index (χ3v) is 6.92. The van der Waals surface area contributed by atoms with Gasteiger partial charge in [0.2, 0.25) is 10.0 Å². The van der Waals surface area contributed by atoms with Crippen LogP contribution in [0.2, 0.25) is 0 Å². The summed E-state index contributed by atoms with van der Waals surface area (Å²) in [6.07, 6.45) is 0. The summed E-state index contributed by atoms with van der Waals surface area (Å²) in [6.45, 7) is 4.96. The average Bonchev–Trinajstić information content (AvgIpc) is 2.45. The van der Waals surface area contributed by atoms with Crippen molar-refractivity contribution < 1.29 is 16.8 Å². The van der Waals surface area contributed by atoms with Crippen molar-refractivity contribution in [3.05, 3.63) is 48.5 Å². The molecule has 0 unspecified atom stereocenters. The van der Waals surface area contributed by atoms with Crippen LogP contribution in [0, 0.1) is 0 Å². The molecule has 0 fully saturated rings. The molecule has 0 radical (unpaired) electrons. The van der Waals surface area contributed by atoms with E-state index in [1.165, 1.54) is 12.1 Å². The lowest BCUT2D eigenvalue weighted by Gasteiger charge is -2.19. The molecule has 2 aromatic carbocycles. The first-order valence-electron chi connectivity index (χ1n) is 6.91. The summed E-state index contributed by atoms with van der Waals surface area (Å²) in [6, 6.07) is 12.6. The summed E-state index contributed by atoms with van der Waals surface area (Å²) in [5, 5.41) is 5.06. The highest BCUT2D eigenvalue weighted by Crippen LogP contribution is 2.27. The first-order valence-corrected chi connectivity index (χ1v) is 9.94. The summed E-state index contributed by atoms with van der Waals surface area (Å²) >= 11 is 0. The minimum absolute atomic E-state index is 0.0354. The average molecular weight is 353 g/mol. The highest BCUT2D eigenvalue weighted by Gasteiger charge is 2.30. The second kappa shape index (κ2) is 5.74. The smallest absolute Gasteiger partial charge is 0.225 e. The normalized spacial score (nSPS) is 13.0. The fourth-order valence-corrected chi connectivity index (χ4v) is 3.73. The van der Waals surface area contributed by atoms with Gasteiger partial charge in [0.25, 0.3) is 0 Å². The zero-order valence-electron chi connectivity index (χ0n) is 13.1. The largest absolute Gasteiger partial charge is 0.238 e. The Hall–Kier alpha value is -1.70. The Morgan fingerprint density at radius 1 is 0.696 bits per heavy atom. The Labute approximate surface area is 137 Å². The van der Waals surface area contributed by atoms with Crippen LogP contribution in [0.5, 0.6) is 0 Å². The Morgan fingerprint density at radius 3 is 1.35 bits per heavy atom. The predicted octanol–water partition coefficient (Wildman–Crippen LogP) is 2.57. The molecule has 0 aliphatic carbocycles. The molecule has 0 saturated carbocycles. The van der Waals surface area contributed by atoms with E-state index in [1.54, 1.807) is 57.2 Å². The van der Waals surface area contributed by atoms with E-state index in [0.29, 0.717) is 0 Å². The van der Waals surface area contributed by atoms with E-state index >= 15 is 0 Å². The number of benzene rings is 2. The van der Waals surface area contributed by atoms with Crippen molar-refractivity contribution in [1.29, 1.82) is 0 Å². The van der Waals surface area contributed by atoms with Gasteiger partial charge in [-0.2, -0.15) is 0 Å². The fraction of sp³-hybridized carbons (Fsp3) is 0.250. The molecular formula is C16H19NO4S2. The van der Waals surface area contributed by atoms with E-state index in [-0.39, 0.29) is 9.79 Å². The lowest BCUT2D eigenvalue weighted by Crippen LogP contribution is -2.27. The molecule has 0 amide bonds. The number of rotatable bonds is 3. The Balaban J connectivity index is 2.38. The molecule has 7 heteroatoms. The third-order valence-electron chi connectivity index (χ3n) is 3.49. The Bertz CT molecular complexity index is 906. The highest BCUT2D eigenvalue weighted by atomic mass is 32.2. The molecule has 0 saturated heterocycles. The maximum Gasteiger partial charge on any atom is 0.238 e. The van der Waals surface area contributed by atoms with Gasteiger partial charge < -0.3 is 0 Å². The molecule has 0 atom stereocenters. The Morgan fingerprint density at radius 2 is 1.04 bits per heavy atom. The van der Waals surface area contributed by atoms with Crippen molar-refractivity contribution in [2.75, 3.05) is 0 Å². The van der Waals surface area contributed by atoms with Crippen LogP contribution >= 0.6 is 0 Å². The van der Waals surface area contributed by atoms with Crippen LogP contribution in [0.15, 0.2) is 58.3 Å². The first-order chi connectivity index (χ1) is 10.4. The fourth-order valence-electron chi connectivity index (χ4n) is 2.02. The first kappa shape index (κ1) is 17.7. The van der Waals surface area contributed by atoms with E-state index in [0.717, 1.165) is 11.1 Å². The van der Waals surface area contributed by atoms with Gasteiger partial charge >= 0.3 is 0 Å². The van der Waals surface area contributed by atoms with Crippen molar-refractivity contribution in [2.45, 2.75) is 35.3 Å². The SMILES string of the molecule is CC(C)(C)S(=O)(=O)c1ccc(-c2ccc(S(N)(=O)=O)cc2)cc1. The minimum atomic E-state index is -3.72. The van der Waals surface area contributed by atoms with Gasteiger partial charge in [-0.25, -0.2) is 22.0 Å². The number of sulfone groups is 1. The van der Waals surface area contributed by atoms with Crippen LogP contribution in [0.25, 0.3) is 11.1 Å². The van der Waals surface area contributed by atoms with Crippen LogP contribution in [0.1, 0.15) is 20.8 Å². The van der Waals surface area contributed by atoms with E-state index in [1.807, 2.05) is 0 Å². The van der Waals surface area contributed by atoms with Crippen molar-refractivity contribution in [3.63, 3.8) is 0 Å². The number of hydrogen-bond donors (Lipinski definition) is 1. The molecule has 0 aliphatic heterocycles. The van der Waals surface area contributed by atoms with Gasteiger partial charge in [-0.3, -0.25) is 0 Å². The number of primary sulfonamides is 1. The van der Waals surface area contributed by atoms with Crippen molar-refractivity contribution >= 4 is 19.9 Å². The predicted molar refractivity (Wildman–Crippen MR) is 90.2 cm³/mol. The standard InChI is InChI=1S/C16H19NO4S2/c1-16(2,3)22(18,19)14-8-4-12(5-9-14)13-6-10-15(11-7-13)23(17,20)21/h4-11H,1-3H3,(H2,17,20,21). The van der Waals surface area contributed by atoms with Gasteiger partial charge in [0.15, 0.2) is 9.84 Å². The van der Waals surface area contributed by atoms with E-state index < -0.39 is 24.6 Å². The zero-order chi connectivity index (χ0) is 17.5. The van der Waals surface area contributed by atoms with Gasteiger partial charge in [0.1, 0.15) is 0 Å². The van der Waals surface area contributed by atoms with Crippen LogP contribution in [0.3, 0.4) is 0 Å². The molecular weight excluding hydrogens is 334 g/mol. The third kappa shape index (κ3) is 3.63. The number of hydrogen-bond acceptors (Lipinski definition) is 4. The molecule has 2 N–H and O–H groups in total. The summed E-state index contributed by atoms with van der Waals surface area (Å²) < 4.78 is 46.4. The van der Waals surface area contributed by atoms with Gasteiger partial charge in [-0.15, -0.1) is 0 Å². The summed E-state index contributed by atoms with van der Waals surface area (Å²) in [7, 11) is -7.12. The summed E-state index contributed by atoms with van der Waals surface area (Å²) in [5.74, 6) is 0. The molecule has 5 nitrogen and oxygen atoms in total. The molecule has 2 rings (SSSR count). The molecule has 0 bridgehead atoms. The highest BCUT2D eigenvalue weighted by molar-refractivity contribution is 7.92. The maximum atomic E-state index is 12.4. The van der Waals surface area contributed by atoms with Crippen LogP contribution in [-0.2, 0) is 19.9 Å². The van der Waals surface area contributed by atoms with E-state index in [9.17, 15) is 16.8 Å². The quantitative estimate of drug-likeness (QED) is 0.917. The molecule has 0 spiro atoms. The maximum absolute atomic E-state index is 12.4. The number of nitrogens with two attached hydrogens (primary N) is 1. The van der Waals surface area contributed by atoms with E-state index in [2.05, 4.69) is 0 Å². The van der Waals surface area contributed by atoms with Gasteiger partial charge in [-0.05, 0) is 56.2 Å². The van der Waals surface area contributed by atoms with E-state index in [4.69, 9.17) is 5.14 Å². The molecule has 0 aromatic heterocycles. The number of sulfonamides is 1. The second-order valence-corrected chi connectivity index (χ2v) is 10.5. The molecule has 23 heavy (non-hydrogen) atoms. The van der Waals surface area contributed by atoms with Gasteiger partial charge in [0, 0.05) is 0 Å². The summed E-state index contributed by atoms with van der Waals surface area (Å²) in [5.41, 5.74) is 1.57. The molecule has 0 heterocycles. The van der Waals surface area contributed by atoms with Crippen LogP contribution in [0.4, 0.5) is 0 Å². The van der Waals surface area contributed by atoms with Crippen molar-refractivity contribution in [2.24, 2.45) is 5.14 Å². The summed E-state index contributed by atoms with van der Waals surface area (Å²) in [4.78, 5) is 0.295. The zero-order valence-corrected chi connectivity index (χ0v) is 14.8. The second-order valence-electron chi connectivity index (χ2n) is 6.21. The lowest BCUT2D eigenvalue weighted by atomic mass is 10.1. The molecule has 0 aliphatic rings. The molecule has 124 valence electrons. The Kier molecular flexibility index (Phi) is 4.40. The lowest BCUT2D eigenvalue weighted by molar-refractivity contribution is 0.560. The topological polar surface area (TPSA) is 94.3 Å². The van der Waals surface area contributed by atoms with Crippen molar-refractivity contribution in [3.8, 4) is 11.1 Å². The molecule has 2 aromatic rings. The van der Waals surface area contributed by atoms with Gasteiger partial charge in [-0.1, -0.05) is 24.3 Å². The van der Waals surface area contributed by atoms with Crippen LogP contribution in [-0.4, -0.2) is 21.6 Å². The van der Waals surface area contributed by atoms with Gasteiger partial charge in [0.05, 0.1) is 14.5 Å². The van der Waals surface area contributed by atoms with Crippen LogP contribution < -0.4 is 5.14 Å². The monoisotopic (exact) mass is 353 g/mol.